The number of amides is 1. The first-order valence-corrected chi connectivity index (χ1v) is 5.96. The SMILES string of the molecule is Cc1cc([N+](=O)[O-])ccc1C(=O)NC1(C#N)CCC1. The van der Waals surface area contributed by atoms with Gasteiger partial charge in [0.1, 0.15) is 5.54 Å². The topological polar surface area (TPSA) is 96.0 Å². The zero-order valence-electron chi connectivity index (χ0n) is 10.5. The molecule has 1 N–H and O–H groups in total. The average molecular weight is 259 g/mol. The first-order chi connectivity index (χ1) is 8.97. The summed E-state index contributed by atoms with van der Waals surface area (Å²) >= 11 is 0. The van der Waals surface area contributed by atoms with Gasteiger partial charge in [0.15, 0.2) is 0 Å². The molecule has 0 atom stereocenters. The van der Waals surface area contributed by atoms with Gasteiger partial charge in [-0.05, 0) is 37.8 Å². The lowest BCUT2D eigenvalue weighted by atomic mass is 9.78. The molecule has 1 aliphatic carbocycles. The third-order valence-electron chi connectivity index (χ3n) is 3.44. The molecule has 1 amide bonds. The number of nitrogens with zero attached hydrogens (tertiary/aromatic N) is 2. The second-order valence-electron chi connectivity index (χ2n) is 4.76. The van der Waals surface area contributed by atoms with E-state index in [-0.39, 0.29) is 11.6 Å². The van der Waals surface area contributed by atoms with E-state index in [1.165, 1.54) is 18.2 Å². The number of nitrogens with one attached hydrogen (secondary N) is 1. The fourth-order valence-electron chi connectivity index (χ4n) is 2.10. The summed E-state index contributed by atoms with van der Waals surface area (Å²) in [7, 11) is 0. The van der Waals surface area contributed by atoms with E-state index in [9.17, 15) is 14.9 Å². The molecule has 1 aliphatic rings. The molecule has 98 valence electrons. The van der Waals surface area contributed by atoms with E-state index in [0.717, 1.165) is 6.42 Å². The normalized spacial score (nSPS) is 16.0. The van der Waals surface area contributed by atoms with Gasteiger partial charge in [0.25, 0.3) is 11.6 Å². The second-order valence-corrected chi connectivity index (χ2v) is 4.76. The van der Waals surface area contributed by atoms with Crippen molar-refractivity contribution in [3.63, 3.8) is 0 Å². The molecule has 1 aromatic rings. The first kappa shape index (κ1) is 13.0. The van der Waals surface area contributed by atoms with Gasteiger partial charge in [0, 0.05) is 17.7 Å². The van der Waals surface area contributed by atoms with Gasteiger partial charge < -0.3 is 5.32 Å². The van der Waals surface area contributed by atoms with Crippen LogP contribution < -0.4 is 5.32 Å². The fraction of sp³-hybridized carbons (Fsp3) is 0.385. The fourth-order valence-corrected chi connectivity index (χ4v) is 2.10. The molecule has 0 saturated heterocycles. The molecule has 6 heteroatoms. The first-order valence-electron chi connectivity index (χ1n) is 5.96. The molecule has 6 nitrogen and oxygen atoms in total. The maximum absolute atomic E-state index is 12.1. The number of nitro groups is 1. The zero-order chi connectivity index (χ0) is 14.0. The molecule has 0 radical (unpaired) electrons. The molecule has 0 spiro atoms. The van der Waals surface area contributed by atoms with Gasteiger partial charge >= 0.3 is 0 Å². The molecule has 0 aliphatic heterocycles. The summed E-state index contributed by atoms with van der Waals surface area (Å²) in [4.78, 5) is 22.2. The summed E-state index contributed by atoms with van der Waals surface area (Å²) in [6.45, 7) is 1.64. The minimum absolute atomic E-state index is 0.0484. The number of non-ortho nitro benzene ring substituents is 1. The van der Waals surface area contributed by atoms with Gasteiger partial charge in [0.05, 0.1) is 11.0 Å². The number of carbonyl (C=O) groups is 1. The molecule has 0 aromatic heterocycles. The molecule has 2 rings (SSSR count). The summed E-state index contributed by atoms with van der Waals surface area (Å²) in [5.41, 5.74) is 0.0876. The standard InChI is InChI=1S/C13H13N3O3/c1-9-7-10(16(18)19)3-4-11(9)12(17)15-13(8-14)5-2-6-13/h3-4,7H,2,5-6H2,1H3,(H,15,17). The van der Waals surface area contributed by atoms with Gasteiger partial charge in [-0.15, -0.1) is 0 Å². The van der Waals surface area contributed by atoms with E-state index < -0.39 is 10.5 Å². The Morgan fingerprint density at radius 2 is 2.21 bits per heavy atom. The highest BCUT2D eigenvalue weighted by molar-refractivity contribution is 5.96. The van der Waals surface area contributed by atoms with Crippen molar-refractivity contribution in [1.82, 2.24) is 5.32 Å². The maximum Gasteiger partial charge on any atom is 0.269 e. The van der Waals surface area contributed by atoms with Crippen molar-refractivity contribution in [2.75, 3.05) is 0 Å². The summed E-state index contributed by atoms with van der Waals surface area (Å²) in [6.07, 6.45) is 2.23. The Labute approximate surface area is 110 Å². The molecular weight excluding hydrogens is 246 g/mol. The maximum atomic E-state index is 12.1. The van der Waals surface area contributed by atoms with Crippen molar-refractivity contribution in [2.45, 2.75) is 31.7 Å². The highest BCUT2D eigenvalue weighted by Gasteiger charge is 2.38. The molecule has 0 unspecified atom stereocenters. The van der Waals surface area contributed by atoms with Gasteiger partial charge in [-0.1, -0.05) is 0 Å². The molecular formula is C13H13N3O3. The van der Waals surface area contributed by atoms with E-state index in [1.807, 2.05) is 0 Å². The van der Waals surface area contributed by atoms with Crippen molar-refractivity contribution in [3.8, 4) is 6.07 Å². The van der Waals surface area contributed by atoms with Gasteiger partial charge in [-0.3, -0.25) is 14.9 Å². The number of carbonyl (C=O) groups excluding carboxylic acids is 1. The summed E-state index contributed by atoms with van der Waals surface area (Å²) < 4.78 is 0. The van der Waals surface area contributed by atoms with Crippen molar-refractivity contribution < 1.29 is 9.72 Å². The lowest BCUT2D eigenvalue weighted by molar-refractivity contribution is -0.384. The number of nitro benzene ring substituents is 1. The van der Waals surface area contributed by atoms with Crippen LogP contribution in [0.15, 0.2) is 18.2 Å². The summed E-state index contributed by atoms with van der Waals surface area (Å²) in [6, 6.07) is 6.20. The molecule has 19 heavy (non-hydrogen) atoms. The van der Waals surface area contributed by atoms with Gasteiger partial charge in [0.2, 0.25) is 0 Å². The Balaban J connectivity index is 2.20. The smallest absolute Gasteiger partial charge is 0.269 e. The monoisotopic (exact) mass is 259 g/mol. The van der Waals surface area contributed by atoms with Crippen LogP contribution in [0.2, 0.25) is 0 Å². The Bertz CT molecular complexity index is 585. The van der Waals surface area contributed by atoms with Crippen LogP contribution in [0, 0.1) is 28.4 Å². The molecule has 1 fully saturated rings. The highest BCUT2D eigenvalue weighted by Crippen LogP contribution is 2.31. The van der Waals surface area contributed by atoms with E-state index in [2.05, 4.69) is 11.4 Å². The second kappa shape index (κ2) is 4.69. The molecule has 1 aromatic carbocycles. The van der Waals surface area contributed by atoms with Crippen LogP contribution in [0.3, 0.4) is 0 Å². The Kier molecular flexibility index (Phi) is 3.21. The third kappa shape index (κ3) is 2.40. The van der Waals surface area contributed by atoms with Gasteiger partial charge in [-0.2, -0.15) is 5.26 Å². The Hall–Kier alpha value is -2.42. The number of aryl methyl sites for hydroxylation is 1. The van der Waals surface area contributed by atoms with E-state index in [0.29, 0.717) is 24.0 Å². The average Bonchev–Trinajstić information content (AvgIpc) is 2.33. The molecule has 0 bridgehead atoms. The Morgan fingerprint density at radius 3 is 2.63 bits per heavy atom. The number of hydrogen-bond acceptors (Lipinski definition) is 4. The van der Waals surface area contributed by atoms with Crippen molar-refractivity contribution >= 4 is 11.6 Å². The highest BCUT2D eigenvalue weighted by atomic mass is 16.6. The van der Waals surface area contributed by atoms with Gasteiger partial charge in [-0.25, -0.2) is 0 Å². The summed E-state index contributed by atoms with van der Waals surface area (Å²) in [5, 5.41) is 22.4. The molecule has 0 heterocycles. The number of hydrogen-bond donors (Lipinski definition) is 1. The van der Waals surface area contributed by atoms with Crippen LogP contribution in [0.25, 0.3) is 0 Å². The Morgan fingerprint density at radius 1 is 1.53 bits per heavy atom. The number of rotatable bonds is 3. The van der Waals surface area contributed by atoms with Crippen LogP contribution in [-0.2, 0) is 0 Å². The van der Waals surface area contributed by atoms with E-state index in [4.69, 9.17) is 5.26 Å². The largest absolute Gasteiger partial charge is 0.334 e. The predicted octanol–water partition coefficient (Wildman–Crippen LogP) is 2.08. The third-order valence-corrected chi connectivity index (χ3v) is 3.44. The van der Waals surface area contributed by atoms with Crippen LogP contribution in [0.4, 0.5) is 5.69 Å². The van der Waals surface area contributed by atoms with Crippen molar-refractivity contribution in [1.29, 1.82) is 5.26 Å². The minimum atomic E-state index is -0.759. The number of nitriles is 1. The number of benzene rings is 1. The molecule has 1 saturated carbocycles. The van der Waals surface area contributed by atoms with Crippen molar-refractivity contribution in [2.24, 2.45) is 0 Å². The van der Waals surface area contributed by atoms with Crippen LogP contribution in [0.1, 0.15) is 35.2 Å². The van der Waals surface area contributed by atoms with Crippen LogP contribution >= 0.6 is 0 Å². The van der Waals surface area contributed by atoms with Crippen LogP contribution in [0.5, 0.6) is 0 Å². The quantitative estimate of drug-likeness (QED) is 0.663. The predicted molar refractivity (Wildman–Crippen MR) is 67.5 cm³/mol. The minimum Gasteiger partial charge on any atom is -0.334 e. The lowest BCUT2D eigenvalue weighted by Crippen LogP contribution is -2.52. The van der Waals surface area contributed by atoms with E-state index >= 15 is 0 Å². The zero-order valence-corrected chi connectivity index (χ0v) is 10.5. The summed E-state index contributed by atoms with van der Waals surface area (Å²) in [5.74, 6) is -0.353. The van der Waals surface area contributed by atoms with E-state index in [1.54, 1.807) is 6.92 Å². The van der Waals surface area contributed by atoms with Crippen molar-refractivity contribution in [3.05, 3.63) is 39.4 Å². The van der Waals surface area contributed by atoms with Crippen LogP contribution in [-0.4, -0.2) is 16.4 Å². The lowest BCUT2D eigenvalue weighted by Gasteiger charge is -2.35.